The van der Waals surface area contributed by atoms with E-state index in [1.54, 1.807) is 69.3 Å². The maximum atomic E-state index is 13.5. The lowest BCUT2D eigenvalue weighted by molar-refractivity contribution is -0.123. The van der Waals surface area contributed by atoms with Gasteiger partial charge < -0.3 is 15.4 Å². The summed E-state index contributed by atoms with van der Waals surface area (Å²) in [5, 5.41) is 3.92. The zero-order valence-corrected chi connectivity index (χ0v) is 20.8. The highest BCUT2D eigenvalue weighted by Gasteiger charge is 2.33. The number of amides is 2. The third-order valence-corrected chi connectivity index (χ3v) is 6.99. The van der Waals surface area contributed by atoms with Gasteiger partial charge in [0.1, 0.15) is 11.6 Å². The first kappa shape index (κ1) is 26.0. The first-order valence-electron chi connectivity index (χ1n) is 11.2. The van der Waals surface area contributed by atoms with Gasteiger partial charge in [0.2, 0.25) is 15.7 Å². The van der Waals surface area contributed by atoms with Crippen LogP contribution < -0.4 is 10.6 Å². The van der Waals surface area contributed by atoms with Gasteiger partial charge in [-0.15, -0.1) is 0 Å². The summed E-state index contributed by atoms with van der Waals surface area (Å²) in [6, 6.07) is 24.5. The number of nitrogens with one attached hydrogen (secondary N) is 2. The molecule has 2 N–H and O–H groups in total. The van der Waals surface area contributed by atoms with Crippen molar-refractivity contribution in [1.82, 2.24) is 10.6 Å². The van der Waals surface area contributed by atoms with Crippen molar-refractivity contribution < 1.29 is 22.7 Å². The number of sulfone groups is 1. The maximum absolute atomic E-state index is 13.5. The van der Waals surface area contributed by atoms with Gasteiger partial charge in [0, 0.05) is 6.42 Å². The Hall–Kier alpha value is -3.65. The van der Waals surface area contributed by atoms with Gasteiger partial charge in [0.05, 0.1) is 4.90 Å². The van der Waals surface area contributed by atoms with Gasteiger partial charge in [0.15, 0.2) is 5.37 Å². The van der Waals surface area contributed by atoms with Crippen molar-refractivity contribution in [1.29, 1.82) is 0 Å². The Morgan fingerprint density at radius 2 is 1.31 bits per heavy atom. The molecule has 0 aromatic heterocycles. The topological polar surface area (TPSA) is 102 Å². The lowest BCUT2D eigenvalue weighted by Gasteiger charge is -2.26. The van der Waals surface area contributed by atoms with Crippen molar-refractivity contribution in [3.05, 3.63) is 102 Å². The van der Waals surface area contributed by atoms with E-state index in [2.05, 4.69) is 10.6 Å². The fourth-order valence-electron chi connectivity index (χ4n) is 3.45. The second kappa shape index (κ2) is 11.2. The zero-order valence-electron chi connectivity index (χ0n) is 20.0. The van der Waals surface area contributed by atoms with Gasteiger partial charge >= 0.3 is 6.09 Å². The number of carbonyl (C=O) groups is 2. The van der Waals surface area contributed by atoms with Crippen molar-refractivity contribution in [2.45, 2.75) is 49.1 Å². The molecule has 0 spiro atoms. The minimum Gasteiger partial charge on any atom is -0.444 e. The third-order valence-electron chi connectivity index (χ3n) is 5.05. The van der Waals surface area contributed by atoms with E-state index in [9.17, 15) is 18.0 Å². The monoisotopic (exact) mass is 494 g/mol. The molecule has 0 radical (unpaired) electrons. The summed E-state index contributed by atoms with van der Waals surface area (Å²) < 4.78 is 32.4. The fourth-order valence-corrected chi connectivity index (χ4v) is 5.05. The minimum atomic E-state index is -3.99. The van der Waals surface area contributed by atoms with Crippen molar-refractivity contribution in [2.24, 2.45) is 0 Å². The Morgan fingerprint density at radius 3 is 1.86 bits per heavy atom. The first-order valence-corrected chi connectivity index (χ1v) is 12.8. The zero-order chi connectivity index (χ0) is 25.5. The molecule has 3 rings (SSSR count). The van der Waals surface area contributed by atoms with Crippen molar-refractivity contribution >= 4 is 21.8 Å². The summed E-state index contributed by atoms with van der Waals surface area (Å²) in [6.45, 7) is 5.16. The van der Waals surface area contributed by atoms with Crippen LogP contribution in [0.5, 0.6) is 0 Å². The third kappa shape index (κ3) is 7.42. The minimum absolute atomic E-state index is 0.0777. The van der Waals surface area contributed by atoms with Crippen LogP contribution in [0.2, 0.25) is 0 Å². The molecule has 3 aromatic rings. The van der Waals surface area contributed by atoms with E-state index >= 15 is 0 Å². The van der Waals surface area contributed by atoms with E-state index in [1.165, 1.54) is 12.1 Å². The molecular formula is C27H30N2O5S. The number of ether oxygens (including phenoxy) is 1. The molecule has 0 heterocycles. The van der Waals surface area contributed by atoms with Gasteiger partial charge in [-0.25, -0.2) is 13.2 Å². The standard InChI is InChI=1S/C27H30N2O5S/c1-27(2,3)34-26(31)28-23(19-20-13-7-4-8-14-20)24(30)29-25(21-15-9-5-10-16-21)35(32,33)22-17-11-6-12-18-22/h4-18,23,25H,19H2,1-3H3,(H,28,31)(H,29,30)/t23-,25?/m0/s1. The highest BCUT2D eigenvalue weighted by Crippen LogP contribution is 2.27. The number of carbonyl (C=O) groups excluding carboxylic acids is 2. The summed E-state index contributed by atoms with van der Waals surface area (Å²) in [5.74, 6) is -0.645. The van der Waals surface area contributed by atoms with Gasteiger partial charge in [-0.2, -0.15) is 0 Å². The SMILES string of the molecule is CC(C)(C)OC(=O)N[C@@H](Cc1ccccc1)C(=O)NC(c1ccccc1)S(=O)(=O)c1ccccc1. The molecule has 0 aliphatic heterocycles. The van der Waals surface area contributed by atoms with Crippen LogP contribution in [0.15, 0.2) is 95.9 Å². The van der Waals surface area contributed by atoms with E-state index < -0.39 is 38.9 Å². The quantitative estimate of drug-likeness (QED) is 0.483. The molecule has 35 heavy (non-hydrogen) atoms. The molecule has 2 atom stereocenters. The molecular weight excluding hydrogens is 464 g/mol. The van der Waals surface area contributed by atoms with Crippen molar-refractivity contribution in [3.63, 3.8) is 0 Å². The molecule has 8 heteroatoms. The van der Waals surface area contributed by atoms with Gasteiger partial charge in [-0.1, -0.05) is 78.9 Å². The highest BCUT2D eigenvalue weighted by atomic mass is 32.2. The highest BCUT2D eigenvalue weighted by molar-refractivity contribution is 7.91. The van der Waals surface area contributed by atoms with Crippen LogP contribution in [0.3, 0.4) is 0 Å². The molecule has 3 aromatic carbocycles. The molecule has 0 saturated carbocycles. The van der Waals surface area contributed by atoms with Crippen LogP contribution in [0.1, 0.15) is 37.3 Å². The van der Waals surface area contributed by atoms with Crippen LogP contribution in [0, 0.1) is 0 Å². The second-order valence-corrected chi connectivity index (χ2v) is 11.1. The van der Waals surface area contributed by atoms with Gasteiger partial charge in [-0.3, -0.25) is 4.79 Å². The van der Waals surface area contributed by atoms with Crippen molar-refractivity contribution in [3.8, 4) is 0 Å². The van der Waals surface area contributed by atoms with Crippen LogP contribution >= 0.6 is 0 Å². The van der Waals surface area contributed by atoms with Crippen LogP contribution in [-0.2, 0) is 25.8 Å². The number of hydrogen-bond acceptors (Lipinski definition) is 5. The van der Waals surface area contributed by atoms with Crippen LogP contribution in [0.25, 0.3) is 0 Å². The lowest BCUT2D eigenvalue weighted by atomic mass is 10.1. The first-order chi connectivity index (χ1) is 16.6. The molecule has 0 bridgehead atoms. The molecule has 7 nitrogen and oxygen atoms in total. The maximum Gasteiger partial charge on any atom is 0.408 e. The number of rotatable bonds is 8. The molecule has 0 fully saturated rings. The average Bonchev–Trinajstić information content (AvgIpc) is 2.82. The molecule has 0 saturated heterocycles. The van der Waals surface area contributed by atoms with E-state index in [0.29, 0.717) is 5.56 Å². The van der Waals surface area contributed by atoms with E-state index in [1.807, 2.05) is 30.3 Å². The largest absolute Gasteiger partial charge is 0.444 e. The van der Waals surface area contributed by atoms with Crippen LogP contribution in [0.4, 0.5) is 4.79 Å². The van der Waals surface area contributed by atoms with E-state index in [-0.39, 0.29) is 11.3 Å². The Morgan fingerprint density at radius 1 is 0.800 bits per heavy atom. The van der Waals surface area contributed by atoms with Crippen molar-refractivity contribution in [2.75, 3.05) is 0 Å². The van der Waals surface area contributed by atoms with E-state index in [0.717, 1.165) is 5.56 Å². The fraction of sp³-hybridized carbons (Fsp3) is 0.259. The van der Waals surface area contributed by atoms with Gasteiger partial charge in [0.25, 0.3) is 0 Å². The Balaban J connectivity index is 1.93. The van der Waals surface area contributed by atoms with Crippen LogP contribution in [-0.4, -0.2) is 32.1 Å². The Labute approximate surface area is 206 Å². The summed E-state index contributed by atoms with van der Waals surface area (Å²) >= 11 is 0. The summed E-state index contributed by atoms with van der Waals surface area (Å²) in [6.07, 6.45) is -0.616. The second-order valence-electron chi connectivity index (χ2n) is 9.05. The summed E-state index contributed by atoms with van der Waals surface area (Å²) in [4.78, 5) is 26.0. The smallest absolute Gasteiger partial charge is 0.408 e. The predicted octanol–water partition coefficient (Wildman–Crippen LogP) is 4.41. The molecule has 1 unspecified atom stereocenters. The molecule has 184 valence electrons. The number of hydrogen-bond donors (Lipinski definition) is 2. The Bertz CT molecular complexity index is 1220. The number of alkyl carbamates (subject to hydrolysis) is 1. The van der Waals surface area contributed by atoms with Gasteiger partial charge in [-0.05, 0) is 44.0 Å². The molecule has 0 aliphatic carbocycles. The summed E-state index contributed by atoms with van der Waals surface area (Å²) in [7, 11) is -3.99. The normalized spacial score (nSPS) is 13.3. The average molecular weight is 495 g/mol. The molecule has 0 aliphatic rings. The Kier molecular flexibility index (Phi) is 8.30. The summed E-state index contributed by atoms with van der Waals surface area (Å²) in [5.41, 5.74) is 0.437. The van der Waals surface area contributed by atoms with E-state index in [4.69, 9.17) is 4.74 Å². The lowest BCUT2D eigenvalue weighted by Crippen LogP contribution is -2.50. The molecule has 2 amide bonds. The predicted molar refractivity (Wildman–Crippen MR) is 134 cm³/mol. The number of benzene rings is 3.